The van der Waals surface area contributed by atoms with Crippen LogP contribution in [0.1, 0.15) is 40.5 Å². The molecule has 0 aromatic carbocycles. The van der Waals surface area contributed by atoms with E-state index in [0.717, 1.165) is 12.8 Å². The summed E-state index contributed by atoms with van der Waals surface area (Å²) in [6, 6.07) is 0. The van der Waals surface area contributed by atoms with Gasteiger partial charge in [0.05, 0.1) is 6.61 Å². The molecule has 0 aliphatic heterocycles. The van der Waals surface area contributed by atoms with E-state index in [1.807, 2.05) is 0 Å². The molecule has 0 spiro atoms. The Hall–Kier alpha value is -0.790. The molecule has 0 amide bonds. The standard InChI is InChI=1S/C11H20O2/c1-10(12)13-9-7-5-6-8-11(2,3)4/h6,8H,5,7,9H2,1-4H3. The first-order chi connectivity index (χ1) is 5.92. The average molecular weight is 184 g/mol. The van der Waals surface area contributed by atoms with Crippen LogP contribution in [0.25, 0.3) is 0 Å². The van der Waals surface area contributed by atoms with Crippen molar-refractivity contribution in [1.82, 2.24) is 0 Å². The predicted octanol–water partition coefficient (Wildman–Crippen LogP) is 2.93. The lowest BCUT2D eigenvalue weighted by Gasteiger charge is -2.10. The van der Waals surface area contributed by atoms with Crippen molar-refractivity contribution in [2.24, 2.45) is 5.41 Å². The van der Waals surface area contributed by atoms with Crippen LogP contribution in [0.4, 0.5) is 0 Å². The number of esters is 1. The van der Waals surface area contributed by atoms with Crippen LogP contribution in [0, 0.1) is 5.41 Å². The fraction of sp³-hybridized carbons (Fsp3) is 0.727. The van der Waals surface area contributed by atoms with Crippen LogP contribution in [0.15, 0.2) is 12.2 Å². The van der Waals surface area contributed by atoms with Gasteiger partial charge in [0.2, 0.25) is 0 Å². The van der Waals surface area contributed by atoms with E-state index in [-0.39, 0.29) is 11.4 Å². The van der Waals surface area contributed by atoms with Crippen LogP contribution in [-0.4, -0.2) is 12.6 Å². The van der Waals surface area contributed by atoms with E-state index in [1.165, 1.54) is 6.92 Å². The minimum absolute atomic E-state index is 0.195. The maximum atomic E-state index is 10.4. The largest absolute Gasteiger partial charge is 0.466 e. The van der Waals surface area contributed by atoms with Crippen LogP contribution in [0.5, 0.6) is 0 Å². The maximum Gasteiger partial charge on any atom is 0.302 e. The molecule has 0 atom stereocenters. The molecule has 2 nitrogen and oxygen atoms in total. The first kappa shape index (κ1) is 12.2. The SMILES string of the molecule is CC(=O)OCCCC=CC(C)(C)C. The zero-order valence-corrected chi connectivity index (χ0v) is 9.09. The molecule has 0 fully saturated rings. The van der Waals surface area contributed by atoms with Crippen molar-refractivity contribution in [3.8, 4) is 0 Å². The van der Waals surface area contributed by atoms with Crippen molar-refractivity contribution in [2.45, 2.75) is 40.5 Å². The summed E-state index contributed by atoms with van der Waals surface area (Å²) in [5.41, 5.74) is 0.251. The summed E-state index contributed by atoms with van der Waals surface area (Å²) >= 11 is 0. The normalized spacial score (nSPS) is 12.0. The van der Waals surface area contributed by atoms with E-state index in [4.69, 9.17) is 4.74 Å². The summed E-state index contributed by atoms with van der Waals surface area (Å²) < 4.78 is 4.80. The molecule has 0 saturated heterocycles. The molecular formula is C11H20O2. The molecule has 0 heterocycles. The summed E-state index contributed by atoms with van der Waals surface area (Å²) in [7, 11) is 0. The lowest BCUT2D eigenvalue weighted by Crippen LogP contribution is -2.00. The second-order valence-electron chi connectivity index (χ2n) is 4.25. The number of hydrogen-bond donors (Lipinski definition) is 0. The summed E-state index contributed by atoms with van der Waals surface area (Å²) in [6.07, 6.45) is 6.21. The van der Waals surface area contributed by atoms with E-state index in [2.05, 4.69) is 32.9 Å². The van der Waals surface area contributed by atoms with Gasteiger partial charge in [-0.2, -0.15) is 0 Å². The molecule has 0 saturated carbocycles. The molecule has 0 rings (SSSR count). The van der Waals surface area contributed by atoms with Crippen molar-refractivity contribution in [1.29, 1.82) is 0 Å². The fourth-order valence-electron chi connectivity index (χ4n) is 0.854. The molecule has 0 radical (unpaired) electrons. The first-order valence-electron chi connectivity index (χ1n) is 4.73. The van der Waals surface area contributed by atoms with Gasteiger partial charge < -0.3 is 4.74 Å². The Bertz CT molecular complexity index is 175. The topological polar surface area (TPSA) is 26.3 Å². The van der Waals surface area contributed by atoms with Crippen LogP contribution in [-0.2, 0) is 9.53 Å². The van der Waals surface area contributed by atoms with Crippen molar-refractivity contribution < 1.29 is 9.53 Å². The molecule has 0 aromatic heterocycles. The average Bonchev–Trinajstić information content (AvgIpc) is 1.93. The Morgan fingerprint density at radius 3 is 2.46 bits per heavy atom. The van der Waals surface area contributed by atoms with Gasteiger partial charge in [-0.05, 0) is 18.3 Å². The Morgan fingerprint density at radius 2 is 2.00 bits per heavy atom. The van der Waals surface area contributed by atoms with E-state index in [9.17, 15) is 4.79 Å². The molecule has 0 aliphatic carbocycles. The smallest absolute Gasteiger partial charge is 0.302 e. The minimum Gasteiger partial charge on any atom is -0.466 e. The molecule has 0 unspecified atom stereocenters. The maximum absolute atomic E-state index is 10.4. The molecular weight excluding hydrogens is 164 g/mol. The third-order valence-electron chi connectivity index (χ3n) is 1.44. The summed E-state index contributed by atoms with van der Waals surface area (Å²) in [5.74, 6) is -0.195. The summed E-state index contributed by atoms with van der Waals surface area (Å²) in [5, 5.41) is 0. The number of unbranched alkanes of at least 4 members (excludes halogenated alkanes) is 1. The molecule has 0 N–H and O–H groups in total. The highest BCUT2D eigenvalue weighted by Gasteiger charge is 2.02. The van der Waals surface area contributed by atoms with Crippen LogP contribution in [0.2, 0.25) is 0 Å². The molecule has 0 aromatic rings. The number of hydrogen-bond acceptors (Lipinski definition) is 2. The van der Waals surface area contributed by atoms with Gasteiger partial charge >= 0.3 is 5.97 Å². The van der Waals surface area contributed by atoms with Crippen molar-refractivity contribution in [3.05, 3.63) is 12.2 Å². The van der Waals surface area contributed by atoms with Gasteiger partial charge in [0.15, 0.2) is 0 Å². The van der Waals surface area contributed by atoms with Crippen molar-refractivity contribution in [3.63, 3.8) is 0 Å². The van der Waals surface area contributed by atoms with Crippen LogP contribution < -0.4 is 0 Å². The van der Waals surface area contributed by atoms with Gasteiger partial charge in [0, 0.05) is 6.92 Å². The van der Waals surface area contributed by atoms with E-state index in [0.29, 0.717) is 6.61 Å². The zero-order chi connectivity index (χ0) is 10.3. The molecule has 0 bridgehead atoms. The Morgan fingerprint density at radius 1 is 1.38 bits per heavy atom. The molecule has 2 heteroatoms. The van der Waals surface area contributed by atoms with E-state index >= 15 is 0 Å². The van der Waals surface area contributed by atoms with Crippen LogP contribution >= 0.6 is 0 Å². The Balaban J connectivity index is 3.36. The molecule has 13 heavy (non-hydrogen) atoms. The lowest BCUT2D eigenvalue weighted by atomic mass is 9.96. The quantitative estimate of drug-likeness (QED) is 0.381. The number of carbonyl (C=O) groups is 1. The third-order valence-corrected chi connectivity index (χ3v) is 1.44. The monoisotopic (exact) mass is 184 g/mol. The van der Waals surface area contributed by atoms with Crippen molar-refractivity contribution >= 4 is 5.97 Å². The van der Waals surface area contributed by atoms with Gasteiger partial charge in [-0.1, -0.05) is 32.9 Å². The van der Waals surface area contributed by atoms with Crippen LogP contribution in [0.3, 0.4) is 0 Å². The summed E-state index contributed by atoms with van der Waals surface area (Å²) in [4.78, 5) is 10.4. The zero-order valence-electron chi connectivity index (χ0n) is 9.09. The van der Waals surface area contributed by atoms with Gasteiger partial charge in [-0.25, -0.2) is 0 Å². The van der Waals surface area contributed by atoms with Crippen molar-refractivity contribution in [2.75, 3.05) is 6.61 Å². The summed E-state index contributed by atoms with van der Waals surface area (Å²) in [6.45, 7) is 8.45. The van der Waals surface area contributed by atoms with Gasteiger partial charge in [0.25, 0.3) is 0 Å². The second-order valence-corrected chi connectivity index (χ2v) is 4.25. The first-order valence-corrected chi connectivity index (χ1v) is 4.73. The van der Waals surface area contributed by atoms with Gasteiger partial charge in [0.1, 0.15) is 0 Å². The number of rotatable bonds is 4. The highest BCUT2D eigenvalue weighted by molar-refractivity contribution is 5.65. The highest BCUT2D eigenvalue weighted by Crippen LogP contribution is 2.14. The van der Waals surface area contributed by atoms with E-state index < -0.39 is 0 Å². The third kappa shape index (κ3) is 11.2. The Labute approximate surface area is 81.0 Å². The molecule has 76 valence electrons. The number of allylic oxidation sites excluding steroid dienone is 2. The van der Waals surface area contributed by atoms with Gasteiger partial charge in [-0.15, -0.1) is 0 Å². The highest BCUT2D eigenvalue weighted by atomic mass is 16.5. The fourth-order valence-corrected chi connectivity index (χ4v) is 0.854. The predicted molar refractivity (Wildman–Crippen MR) is 54.5 cm³/mol. The number of ether oxygens (including phenoxy) is 1. The Kier molecular flexibility index (Phi) is 5.44. The lowest BCUT2D eigenvalue weighted by molar-refractivity contribution is -0.141. The second kappa shape index (κ2) is 5.79. The van der Waals surface area contributed by atoms with Gasteiger partial charge in [-0.3, -0.25) is 4.79 Å². The molecule has 0 aliphatic rings. The number of carbonyl (C=O) groups excluding carboxylic acids is 1. The minimum atomic E-state index is -0.195. The van der Waals surface area contributed by atoms with E-state index in [1.54, 1.807) is 0 Å².